The van der Waals surface area contributed by atoms with Crippen molar-refractivity contribution < 1.29 is 9.84 Å². The van der Waals surface area contributed by atoms with Crippen LogP contribution in [0.1, 0.15) is 18.1 Å². The molecule has 2 atom stereocenters. The van der Waals surface area contributed by atoms with Crippen molar-refractivity contribution in [1.29, 1.82) is 0 Å². The standard InChI is InChI=1S/C11H13IO2/c12-10-4-2-1-3-9(10)11(13)8-5-6-14-7-8/h1-4,8,11,13H,5-7H2. The Hall–Kier alpha value is -0.130. The van der Waals surface area contributed by atoms with Gasteiger partial charge in [0.2, 0.25) is 0 Å². The number of ether oxygens (including phenoxy) is 1. The number of aliphatic hydroxyl groups excluding tert-OH is 1. The van der Waals surface area contributed by atoms with Crippen molar-refractivity contribution in [3.8, 4) is 0 Å². The van der Waals surface area contributed by atoms with E-state index in [2.05, 4.69) is 22.6 Å². The van der Waals surface area contributed by atoms with Crippen LogP contribution in [-0.2, 0) is 4.74 Å². The zero-order valence-corrected chi connectivity index (χ0v) is 9.98. The lowest BCUT2D eigenvalue weighted by Crippen LogP contribution is -2.13. The Kier molecular flexibility index (Phi) is 3.41. The third-order valence-electron chi connectivity index (χ3n) is 2.64. The molecule has 0 amide bonds. The second kappa shape index (κ2) is 4.59. The summed E-state index contributed by atoms with van der Waals surface area (Å²) in [5, 5.41) is 10.1. The zero-order chi connectivity index (χ0) is 9.97. The highest BCUT2D eigenvalue weighted by Crippen LogP contribution is 2.30. The maximum absolute atomic E-state index is 10.1. The quantitative estimate of drug-likeness (QED) is 0.850. The molecule has 2 rings (SSSR count). The van der Waals surface area contributed by atoms with Crippen molar-refractivity contribution >= 4 is 22.6 Å². The van der Waals surface area contributed by atoms with Crippen molar-refractivity contribution in [2.75, 3.05) is 13.2 Å². The first-order chi connectivity index (χ1) is 6.79. The Morgan fingerprint density at radius 2 is 2.21 bits per heavy atom. The normalized spacial score (nSPS) is 23.7. The SMILES string of the molecule is OC(c1ccccc1I)C1CCOC1. The third-order valence-corrected chi connectivity index (χ3v) is 3.62. The molecule has 76 valence electrons. The van der Waals surface area contributed by atoms with Gasteiger partial charge in [0.15, 0.2) is 0 Å². The van der Waals surface area contributed by atoms with Gasteiger partial charge in [0, 0.05) is 16.1 Å². The van der Waals surface area contributed by atoms with Gasteiger partial charge in [-0.2, -0.15) is 0 Å². The summed E-state index contributed by atoms with van der Waals surface area (Å²) in [5.41, 5.74) is 1.03. The molecule has 0 bridgehead atoms. The molecule has 14 heavy (non-hydrogen) atoms. The van der Waals surface area contributed by atoms with Crippen LogP contribution in [0, 0.1) is 9.49 Å². The van der Waals surface area contributed by atoms with Crippen LogP contribution in [0.5, 0.6) is 0 Å². The van der Waals surface area contributed by atoms with Gasteiger partial charge in [0.05, 0.1) is 12.7 Å². The van der Waals surface area contributed by atoms with E-state index in [0.29, 0.717) is 6.61 Å². The van der Waals surface area contributed by atoms with Gasteiger partial charge in [0.1, 0.15) is 0 Å². The van der Waals surface area contributed by atoms with E-state index in [1.165, 1.54) is 0 Å². The minimum absolute atomic E-state index is 0.269. The highest BCUT2D eigenvalue weighted by atomic mass is 127. The van der Waals surface area contributed by atoms with Gasteiger partial charge in [-0.05, 0) is 40.6 Å². The van der Waals surface area contributed by atoms with Gasteiger partial charge in [0.25, 0.3) is 0 Å². The number of rotatable bonds is 2. The van der Waals surface area contributed by atoms with E-state index in [1.54, 1.807) is 0 Å². The van der Waals surface area contributed by atoms with E-state index in [1.807, 2.05) is 24.3 Å². The Bertz CT molecular complexity index is 308. The number of hydrogen-bond acceptors (Lipinski definition) is 2. The lowest BCUT2D eigenvalue weighted by Gasteiger charge is -2.17. The van der Waals surface area contributed by atoms with Crippen LogP contribution in [-0.4, -0.2) is 18.3 Å². The molecule has 1 saturated heterocycles. The summed E-state index contributed by atoms with van der Waals surface area (Å²) in [6.45, 7) is 1.47. The van der Waals surface area contributed by atoms with E-state index in [0.717, 1.165) is 22.2 Å². The minimum atomic E-state index is -0.370. The van der Waals surface area contributed by atoms with Crippen LogP contribution in [0.3, 0.4) is 0 Å². The molecule has 1 aromatic rings. The molecule has 1 aromatic carbocycles. The molecule has 0 aliphatic carbocycles. The Balaban J connectivity index is 2.17. The summed E-state index contributed by atoms with van der Waals surface area (Å²) in [6, 6.07) is 7.97. The Morgan fingerprint density at radius 3 is 2.86 bits per heavy atom. The largest absolute Gasteiger partial charge is 0.388 e. The predicted octanol–water partition coefficient (Wildman–Crippen LogP) is 2.36. The van der Waals surface area contributed by atoms with Crippen LogP contribution in [0.2, 0.25) is 0 Å². The molecule has 0 saturated carbocycles. The summed E-state index contributed by atoms with van der Waals surface area (Å²) < 4.78 is 6.41. The van der Waals surface area contributed by atoms with Crippen LogP contribution in [0.15, 0.2) is 24.3 Å². The van der Waals surface area contributed by atoms with Crippen molar-refractivity contribution in [3.63, 3.8) is 0 Å². The predicted molar refractivity (Wildman–Crippen MR) is 63.0 cm³/mol. The lowest BCUT2D eigenvalue weighted by molar-refractivity contribution is 0.0912. The van der Waals surface area contributed by atoms with Crippen LogP contribution in [0.4, 0.5) is 0 Å². The van der Waals surface area contributed by atoms with Gasteiger partial charge in [-0.1, -0.05) is 18.2 Å². The highest BCUT2D eigenvalue weighted by Gasteiger charge is 2.26. The van der Waals surface area contributed by atoms with E-state index in [9.17, 15) is 5.11 Å². The van der Waals surface area contributed by atoms with Gasteiger partial charge in [-0.25, -0.2) is 0 Å². The first-order valence-electron chi connectivity index (χ1n) is 4.79. The molecule has 1 heterocycles. The highest BCUT2D eigenvalue weighted by molar-refractivity contribution is 14.1. The van der Waals surface area contributed by atoms with Gasteiger partial charge >= 0.3 is 0 Å². The van der Waals surface area contributed by atoms with Crippen LogP contribution >= 0.6 is 22.6 Å². The summed E-state index contributed by atoms with van der Waals surface area (Å²) in [5.74, 6) is 0.269. The van der Waals surface area contributed by atoms with Crippen molar-refractivity contribution in [3.05, 3.63) is 33.4 Å². The van der Waals surface area contributed by atoms with E-state index < -0.39 is 0 Å². The molecular formula is C11H13IO2. The molecule has 0 spiro atoms. The van der Waals surface area contributed by atoms with Crippen LogP contribution in [0.25, 0.3) is 0 Å². The lowest BCUT2D eigenvalue weighted by atomic mass is 9.95. The van der Waals surface area contributed by atoms with E-state index in [4.69, 9.17) is 4.74 Å². The summed E-state index contributed by atoms with van der Waals surface area (Å²) >= 11 is 2.26. The number of halogens is 1. The third kappa shape index (κ3) is 2.10. The first kappa shape index (κ1) is 10.4. The molecule has 1 aliphatic heterocycles. The van der Waals surface area contributed by atoms with Crippen molar-refractivity contribution in [1.82, 2.24) is 0 Å². The molecule has 0 radical (unpaired) electrons. The molecule has 1 aliphatic rings. The fourth-order valence-corrected chi connectivity index (χ4v) is 2.48. The van der Waals surface area contributed by atoms with Gasteiger partial charge in [-0.15, -0.1) is 0 Å². The van der Waals surface area contributed by atoms with Gasteiger partial charge < -0.3 is 9.84 Å². The number of aliphatic hydroxyl groups is 1. The number of benzene rings is 1. The minimum Gasteiger partial charge on any atom is -0.388 e. The van der Waals surface area contributed by atoms with Crippen molar-refractivity contribution in [2.24, 2.45) is 5.92 Å². The summed E-state index contributed by atoms with van der Waals surface area (Å²) in [4.78, 5) is 0. The second-order valence-electron chi connectivity index (χ2n) is 3.59. The average Bonchev–Trinajstić information content (AvgIpc) is 2.70. The molecule has 0 aromatic heterocycles. The molecular weight excluding hydrogens is 291 g/mol. The summed E-state index contributed by atoms with van der Waals surface area (Å²) in [6.07, 6.45) is 0.595. The number of hydrogen-bond donors (Lipinski definition) is 1. The first-order valence-corrected chi connectivity index (χ1v) is 5.87. The molecule has 1 N–H and O–H groups in total. The van der Waals surface area contributed by atoms with Crippen LogP contribution < -0.4 is 0 Å². The zero-order valence-electron chi connectivity index (χ0n) is 7.82. The fourth-order valence-electron chi connectivity index (χ4n) is 1.77. The molecule has 1 fully saturated rings. The molecule has 2 nitrogen and oxygen atoms in total. The van der Waals surface area contributed by atoms with Gasteiger partial charge in [-0.3, -0.25) is 0 Å². The van der Waals surface area contributed by atoms with Crippen molar-refractivity contribution in [2.45, 2.75) is 12.5 Å². The van der Waals surface area contributed by atoms with E-state index in [-0.39, 0.29) is 12.0 Å². The molecule has 3 heteroatoms. The maximum atomic E-state index is 10.1. The second-order valence-corrected chi connectivity index (χ2v) is 4.75. The Morgan fingerprint density at radius 1 is 1.43 bits per heavy atom. The topological polar surface area (TPSA) is 29.5 Å². The van der Waals surface area contributed by atoms with E-state index >= 15 is 0 Å². The fraction of sp³-hybridized carbons (Fsp3) is 0.455. The summed E-state index contributed by atoms with van der Waals surface area (Å²) in [7, 11) is 0. The monoisotopic (exact) mass is 304 g/mol. The average molecular weight is 304 g/mol. The molecule has 2 unspecified atom stereocenters. The Labute approximate surface area is 97.4 Å². The maximum Gasteiger partial charge on any atom is 0.0851 e. The smallest absolute Gasteiger partial charge is 0.0851 e.